The Morgan fingerprint density at radius 1 is 1.41 bits per heavy atom. The molecule has 1 aromatic rings. The molecule has 0 aromatic heterocycles. The summed E-state index contributed by atoms with van der Waals surface area (Å²) in [7, 11) is 0. The monoisotopic (exact) mass is 234 g/mol. The van der Waals surface area contributed by atoms with E-state index in [0.717, 1.165) is 24.2 Å². The number of hydrogen-bond donors (Lipinski definition) is 2. The lowest BCUT2D eigenvalue weighted by molar-refractivity contribution is 0.262. The van der Waals surface area contributed by atoms with E-state index in [4.69, 9.17) is 10.8 Å². The fraction of sp³-hybridized carbons (Fsp3) is 0.571. The lowest BCUT2D eigenvalue weighted by Crippen LogP contribution is -2.40. The number of hydrogen-bond acceptors (Lipinski definition) is 3. The van der Waals surface area contributed by atoms with E-state index < -0.39 is 0 Å². The van der Waals surface area contributed by atoms with Crippen LogP contribution in [0.5, 0.6) is 0 Å². The molecule has 0 spiro atoms. The van der Waals surface area contributed by atoms with E-state index in [9.17, 15) is 0 Å². The molecule has 1 aliphatic heterocycles. The van der Waals surface area contributed by atoms with Crippen LogP contribution in [0.25, 0.3) is 0 Å². The van der Waals surface area contributed by atoms with Gasteiger partial charge in [-0.25, -0.2) is 0 Å². The Balaban J connectivity index is 2.20. The summed E-state index contributed by atoms with van der Waals surface area (Å²) in [6, 6.07) is 6.72. The van der Waals surface area contributed by atoms with E-state index in [1.165, 1.54) is 24.9 Å². The zero-order valence-electron chi connectivity index (χ0n) is 10.5. The van der Waals surface area contributed by atoms with Crippen molar-refractivity contribution in [3.05, 3.63) is 23.8 Å². The molecule has 1 atom stereocenters. The summed E-state index contributed by atoms with van der Waals surface area (Å²) in [5.41, 5.74) is 9.08. The van der Waals surface area contributed by atoms with Gasteiger partial charge in [0.2, 0.25) is 0 Å². The third kappa shape index (κ3) is 2.72. The van der Waals surface area contributed by atoms with Crippen molar-refractivity contribution < 1.29 is 5.11 Å². The molecule has 94 valence electrons. The van der Waals surface area contributed by atoms with E-state index >= 15 is 0 Å². The van der Waals surface area contributed by atoms with E-state index in [1.54, 1.807) is 0 Å². The summed E-state index contributed by atoms with van der Waals surface area (Å²) in [6.45, 7) is 3.41. The van der Waals surface area contributed by atoms with Gasteiger partial charge < -0.3 is 15.7 Å². The van der Waals surface area contributed by atoms with Gasteiger partial charge in [-0.1, -0.05) is 0 Å². The number of nitrogens with two attached hydrogens (primary N) is 1. The Morgan fingerprint density at radius 3 is 2.94 bits per heavy atom. The highest BCUT2D eigenvalue weighted by Crippen LogP contribution is 2.28. The molecule has 1 saturated heterocycles. The normalized spacial score (nSPS) is 20.6. The van der Waals surface area contributed by atoms with Crippen LogP contribution in [0.15, 0.2) is 18.2 Å². The van der Waals surface area contributed by atoms with Crippen molar-refractivity contribution in [3.63, 3.8) is 0 Å². The summed E-state index contributed by atoms with van der Waals surface area (Å²) in [5.74, 6) is 0. The highest BCUT2D eigenvalue weighted by molar-refractivity contribution is 5.58. The quantitative estimate of drug-likeness (QED) is 0.789. The van der Waals surface area contributed by atoms with Gasteiger partial charge in [0.1, 0.15) is 0 Å². The number of anilines is 2. The topological polar surface area (TPSA) is 49.5 Å². The standard InChI is InChI=1S/C14H22N2O/c1-11-10-13(5-6-14(11)15)16-8-3-2-4-12(16)7-9-17/h5-6,10,12,17H,2-4,7-9,15H2,1H3. The maximum absolute atomic E-state index is 9.14. The van der Waals surface area contributed by atoms with Gasteiger partial charge in [-0.15, -0.1) is 0 Å². The van der Waals surface area contributed by atoms with Crippen molar-refractivity contribution >= 4 is 11.4 Å². The Kier molecular flexibility index (Phi) is 3.89. The minimum absolute atomic E-state index is 0.273. The second kappa shape index (κ2) is 5.41. The molecule has 2 rings (SSSR count). The molecule has 1 fully saturated rings. The average molecular weight is 234 g/mol. The number of piperidine rings is 1. The van der Waals surface area contributed by atoms with Crippen LogP contribution >= 0.6 is 0 Å². The highest BCUT2D eigenvalue weighted by Gasteiger charge is 2.22. The molecular weight excluding hydrogens is 212 g/mol. The maximum Gasteiger partial charge on any atom is 0.0450 e. The van der Waals surface area contributed by atoms with Gasteiger partial charge in [0.15, 0.2) is 0 Å². The first-order chi connectivity index (χ1) is 8.22. The third-order valence-corrected chi connectivity index (χ3v) is 3.67. The summed E-state index contributed by atoms with van der Waals surface area (Å²) >= 11 is 0. The predicted octanol–water partition coefficient (Wildman–Crippen LogP) is 2.32. The molecule has 0 bridgehead atoms. The largest absolute Gasteiger partial charge is 0.399 e. The number of benzene rings is 1. The van der Waals surface area contributed by atoms with Gasteiger partial charge in [-0.2, -0.15) is 0 Å². The summed E-state index contributed by atoms with van der Waals surface area (Å²) < 4.78 is 0. The van der Waals surface area contributed by atoms with E-state index in [0.29, 0.717) is 6.04 Å². The van der Waals surface area contributed by atoms with Gasteiger partial charge >= 0.3 is 0 Å². The van der Waals surface area contributed by atoms with Crippen LogP contribution in [0.4, 0.5) is 11.4 Å². The smallest absolute Gasteiger partial charge is 0.0450 e. The van der Waals surface area contributed by atoms with Crippen molar-refractivity contribution in [2.24, 2.45) is 0 Å². The van der Waals surface area contributed by atoms with Crippen molar-refractivity contribution in [2.75, 3.05) is 23.8 Å². The maximum atomic E-state index is 9.14. The minimum Gasteiger partial charge on any atom is -0.399 e. The Morgan fingerprint density at radius 2 is 2.24 bits per heavy atom. The Bertz CT molecular complexity index is 376. The lowest BCUT2D eigenvalue weighted by Gasteiger charge is -2.37. The van der Waals surface area contributed by atoms with Gasteiger partial charge in [-0.05, 0) is 56.4 Å². The number of rotatable bonds is 3. The van der Waals surface area contributed by atoms with Crippen LogP contribution in [-0.4, -0.2) is 24.3 Å². The Labute approximate surface area is 103 Å². The lowest BCUT2D eigenvalue weighted by atomic mass is 9.98. The molecule has 1 unspecified atom stereocenters. The molecule has 1 heterocycles. The van der Waals surface area contributed by atoms with E-state index in [1.807, 2.05) is 13.0 Å². The summed E-state index contributed by atoms with van der Waals surface area (Å²) in [4.78, 5) is 2.42. The van der Waals surface area contributed by atoms with Crippen LogP contribution in [0, 0.1) is 6.92 Å². The van der Waals surface area contributed by atoms with Crippen LogP contribution in [0.3, 0.4) is 0 Å². The highest BCUT2D eigenvalue weighted by atomic mass is 16.3. The van der Waals surface area contributed by atoms with Crippen molar-refractivity contribution in [1.29, 1.82) is 0 Å². The first-order valence-corrected chi connectivity index (χ1v) is 6.46. The SMILES string of the molecule is Cc1cc(N2CCCCC2CCO)ccc1N. The van der Waals surface area contributed by atoms with Crippen LogP contribution in [0.1, 0.15) is 31.2 Å². The van der Waals surface area contributed by atoms with Crippen LogP contribution in [-0.2, 0) is 0 Å². The molecular formula is C14H22N2O. The second-order valence-electron chi connectivity index (χ2n) is 4.90. The molecule has 3 nitrogen and oxygen atoms in total. The zero-order valence-corrected chi connectivity index (χ0v) is 10.5. The fourth-order valence-corrected chi connectivity index (χ4v) is 2.63. The van der Waals surface area contributed by atoms with E-state index in [-0.39, 0.29) is 6.61 Å². The van der Waals surface area contributed by atoms with Gasteiger partial charge in [0, 0.05) is 30.6 Å². The molecule has 3 heteroatoms. The summed E-state index contributed by atoms with van der Waals surface area (Å²) in [6.07, 6.45) is 4.56. The van der Waals surface area contributed by atoms with Crippen molar-refractivity contribution in [3.8, 4) is 0 Å². The number of nitrogens with zero attached hydrogens (tertiary/aromatic N) is 1. The average Bonchev–Trinajstić information content (AvgIpc) is 2.34. The van der Waals surface area contributed by atoms with E-state index in [2.05, 4.69) is 17.0 Å². The molecule has 1 aliphatic rings. The van der Waals surface area contributed by atoms with Gasteiger partial charge in [-0.3, -0.25) is 0 Å². The Hall–Kier alpha value is -1.22. The molecule has 0 saturated carbocycles. The van der Waals surface area contributed by atoms with Crippen molar-refractivity contribution in [1.82, 2.24) is 0 Å². The molecule has 0 amide bonds. The number of aliphatic hydroxyl groups excluding tert-OH is 1. The first kappa shape index (κ1) is 12.2. The van der Waals surface area contributed by atoms with Crippen molar-refractivity contribution in [2.45, 2.75) is 38.6 Å². The molecule has 3 N–H and O–H groups in total. The van der Waals surface area contributed by atoms with Crippen LogP contribution < -0.4 is 10.6 Å². The zero-order chi connectivity index (χ0) is 12.3. The van der Waals surface area contributed by atoms with Crippen LogP contribution in [0.2, 0.25) is 0 Å². The molecule has 17 heavy (non-hydrogen) atoms. The molecule has 1 aromatic carbocycles. The second-order valence-corrected chi connectivity index (χ2v) is 4.90. The third-order valence-electron chi connectivity index (χ3n) is 3.67. The predicted molar refractivity (Wildman–Crippen MR) is 72.3 cm³/mol. The minimum atomic E-state index is 0.273. The molecule has 0 radical (unpaired) electrons. The number of nitrogen functional groups attached to an aromatic ring is 1. The van der Waals surface area contributed by atoms with Gasteiger partial charge in [0.05, 0.1) is 0 Å². The van der Waals surface area contributed by atoms with Gasteiger partial charge in [0.25, 0.3) is 0 Å². The number of aryl methyl sites for hydroxylation is 1. The fourth-order valence-electron chi connectivity index (χ4n) is 2.63. The first-order valence-electron chi connectivity index (χ1n) is 6.46. The molecule has 0 aliphatic carbocycles. The summed E-state index contributed by atoms with van der Waals surface area (Å²) in [5, 5.41) is 9.14. The number of aliphatic hydroxyl groups is 1.